The Bertz CT molecular complexity index is 932. The number of amides is 1. The van der Waals surface area contributed by atoms with Crippen molar-refractivity contribution in [1.29, 1.82) is 0 Å². The number of carbonyl (C=O) groups excluding carboxylic acids is 1. The molecule has 0 spiro atoms. The van der Waals surface area contributed by atoms with Gasteiger partial charge in [0.15, 0.2) is 0 Å². The molecule has 0 aromatic heterocycles. The summed E-state index contributed by atoms with van der Waals surface area (Å²) in [5.41, 5.74) is 0.189. The minimum atomic E-state index is -4.04. The fourth-order valence-electron chi connectivity index (χ4n) is 2.36. The number of hydrogen-bond donors (Lipinski definition) is 2. The van der Waals surface area contributed by atoms with Crippen molar-refractivity contribution < 1.29 is 26.7 Å². The lowest BCUT2D eigenvalue weighted by atomic mass is 10.1. The van der Waals surface area contributed by atoms with E-state index in [4.69, 9.17) is 4.74 Å². The van der Waals surface area contributed by atoms with Crippen molar-refractivity contribution in [2.75, 3.05) is 12.4 Å². The molecule has 0 bridgehead atoms. The average molecular weight is 384 g/mol. The van der Waals surface area contributed by atoms with Gasteiger partial charge < -0.3 is 10.1 Å². The zero-order chi connectivity index (χ0) is 19.5. The maximum Gasteiger partial charge on any atom is 0.241 e. The van der Waals surface area contributed by atoms with E-state index in [0.717, 1.165) is 6.07 Å². The monoisotopic (exact) mass is 384 g/mol. The highest BCUT2D eigenvalue weighted by molar-refractivity contribution is 7.89. The Balaban J connectivity index is 2.33. The number of rotatable bonds is 6. The average Bonchev–Trinajstić information content (AvgIpc) is 2.53. The zero-order valence-corrected chi connectivity index (χ0v) is 15.2. The van der Waals surface area contributed by atoms with Crippen LogP contribution in [-0.4, -0.2) is 21.4 Å². The third-order valence-corrected chi connectivity index (χ3v) is 5.09. The second kappa shape index (κ2) is 7.79. The summed E-state index contributed by atoms with van der Waals surface area (Å²) < 4.78 is 59.4. The second-order valence-corrected chi connectivity index (χ2v) is 7.27. The van der Waals surface area contributed by atoms with Crippen LogP contribution >= 0.6 is 0 Å². The molecular weight excluding hydrogens is 366 g/mol. The van der Waals surface area contributed by atoms with E-state index in [1.54, 1.807) is 0 Å². The fraction of sp³-hybridized carbons (Fsp3) is 0.235. The third kappa shape index (κ3) is 4.55. The molecule has 0 aliphatic heterocycles. The van der Waals surface area contributed by atoms with Gasteiger partial charge in [0.2, 0.25) is 15.9 Å². The summed E-state index contributed by atoms with van der Waals surface area (Å²) in [5, 5.41) is 2.48. The number of benzene rings is 2. The van der Waals surface area contributed by atoms with Crippen molar-refractivity contribution in [2.45, 2.75) is 24.8 Å². The first kappa shape index (κ1) is 19.8. The standard InChI is InChI=1S/C17H18F2N2O4S/c1-10(14-6-4-12(18)8-15(14)19)21-26(23,24)13-5-7-17(25-3)16(9-13)20-11(2)22/h4-10,21H,1-3H3,(H,20,22)/t10-/m1/s1. The van der Waals surface area contributed by atoms with Gasteiger partial charge in [0, 0.05) is 24.6 Å². The van der Waals surface area contributed by atoms with Crippen LogP contribution in [0.15, 0.2) is 41.3 Å². The van der Waals surface area contributed by atoms with Gasteiger partial charge in [-0.3, -0.25) is 4.79 Å². The molecule has 9 heteroatoms. The van der Waals surface area contributed by atoms with E-state index in [1.165, 1.54) is 45.2 Å². The summed E-state index contributed by atoms with van der Waals surface area (Å²) in [7, 11) is -2.65. The van der Waals surface area contributed by atoms with Gasteiger partial charge >= 0.3 is 0 Å². The van der Waals surface area contributed by atoms with Gasteiger partial charge in [0.05, 0.1) is 17.7 Å². The minimum Gasteiger partial charge on any atom is -0.495 e. The normalized spacial score (nSPS) is 12.5. The van der Waals surface area contributed by atoms with E-state index in [0.29, 0.717) is 6.07 Å². The Kier molecular flexibility index (Phi) is 5.94. The van der Waals surface area contributed by atoms with Crippen molar-refractivity contribution in [3.8, 4) is 5.75 Å². The van der Waals surface area contributed by atoms with Crippen LogP contribution in [0.4, 0.5) is 14.5 Å². The molecule has 2 N–H and O–H groups in total. The SMILES string of the molecule is COc1ccc(S(=O)(=O)N[C@H](C)c2ccc(F)cc2F)cc1NC(C)=O. The highest BCUT2D eigenvalue weighted by Gasteiger charge is 2.22. The van der Waals surface area contributed by atoms with Crippen molar-refractivity contribution in [3.05, 3.63) is 53.6 Å². The molecule has 2 aromatic rings. The van der Waals surface area contributed by atoms with Crippen LogP contribution in [0.1, 0.15) is 25.5 Å². The first-order valence-corrected chi connectivity index (χ1v) is 9.05. The van der Waals surface area contributed by atoms with Crippen LogP contribution < -0.4 is 14.8 Å². The molecule has 0 unspecified atom stereocenters. The van der Waals surface area contributed by atoms with Crippen molar-refractivity contribution >= 4 is 21.6 Å². The Morgan fingerprint density at radius 1 is 1.15 bits per heavy atom. The van der Waals surface area contributed by atoms with Gasteiger partial charge in [-0.1, -0.05) is 6.07 Å². The van der Waals surface area contributed by atoms with E-state index in [9.17, 15) is 22.0 Å². The van der Waals surface area contributed by atoms with Gasteiger partial charge in [-0.05, 0) is 31.2 Å². The molecule has 140 valence electrons. The lowest BCUT2D eigenvalue weighted by molar-refractivity contribution is -0.114. The topological polar surface area (TPSA) is 84.5 Å². The predicted octanol–water partition coefficient (Wildman–Crippen LogP) is 2.97. The smallest absolute Gasteiger partial charge is 0.241 e. The summed E-state index contributed by atoms with van der Waals surface area (Å²) in [6.45, 7) is 2.71. The van der Waals surface area contributed by atoms with E-state index in [1.807, 2.05) is 0 Å². The quantitative estimate of drug-likeness (QED) is 0.802. The van der Waals surface area contributed by atoms with Crippen LogP contribution in [0.5, 0.6) is 5.75 Å². The summed E-state index contributed by atoms with van der Waals surface area (Å²) in [5.74, 6) is -1.71. The summed E-state index contributed by atoms with van der Waals surface area (Å²) in [6, 6.07) is 5.88. The summed E-state index contributed by atoms with van der Waals surface area (Å²) in [6.07, 6.45) is 0. The van der Waals surface area contributed by atoms with Crippen LogP contribution in [0, 0.1) is 11.6 Å². The second-order valence-electron chi connectivity index (χ2n) is 5.55. The number of carbonyl (C=O) groups is 1. The van der Waals surface area contributed by atoms with E-state index < -0.39 is 33.6 Å². The lowest BCUT2D eigenvalue weighted by Crippen LogP contribution is -2.27. The van der Waals surface area contributed by atoms with Crippen molar-refractivity contribution in [1.82, 2.24) is 4.72 Å². The molecular formula is C17H18F2N2O4S. The number of halogens is 2. The third-order valence-electron chi connectivity index (χ3n) is 3.55. The number of anilines is 1. The Morgan fingerprint density at radius 3 is 2.42 bits per heavy atom. The number of ether oxygens (including phenoxy) is 1. The molecule has 2 aromatic carbocycles. The number of hydrogen-bond acceptors (Lipinski definition) is 4. The molecule has 0 heterocycles. The first-order valence-electron chi connectivity index (χ1n) is 7.57. The zero-order valence-electron chi connectivity index (χ0n) is 14.3. The van der Waals surface area contributed by atoms with E-state index >= 15 is 0 Å². The highest BCUT2D eigenvalue weighted by Crippen LogP contribution is 2.28. The van der Waals surface area contributed by atoms with Crippen molar-refractivity contribution in [2.24, 2.45) is 0 Å². The number of sulfonamides is 1. The highest BCUT2D eigenvalue weighted by atomic mass is 32.2. The summed E-state index contributed by atoms with van der Waals surface area (Å²) in [4.78, 5) is 11.1. The molecule has 0 fully saturated rings. The van der Waals surface area contributed by atoms with Gasteiger partial charge in [0.1, 0.15) is 17.4 Å². The van der Waals surface area contributed by atoms with Crippen LogP contribution in [-0.2, 0) is 14.8 Å². The molecule has 0 radical (unpaired) electrons. The molecule has 1 amide bonds. The maximum atomic E-state index is 13.8. The maximum absolute atomic E-state index is 13.8. The summed E-state index contributed by atoms with van der Waals surface area (Å²) >= 11 is 0. The molecule has 0 aliphatic rings. The van der Waals surface area contributed by atoms with Gasteiger partial charge in [-0.15, -0.1) is 0 Å². The van der Waals surface area contributed by atoms with Crippen molar-refractivity contribution in [3.63, 3.8) is 0 Å². The fourth-order valence-corrected chi connectivity index (χ4v) is 3.61. The predicted molar refractivity (Wildman–Crippen MR) is 92.4 cm³/mol. The Labute approximate surface area is 150 Å². The Morgan fingerprint density at radius 2 is 1.85 bits per heavy atom. The molecule has 1 atom stereocenters. The van der Waals surface area contributed by atoms with Gasteiger partial charge in [-0.25, -0.2) is 21.9 Å². The minimum absolute atomic E-state index is 0.00516. The molecule has 0 saturated carbocycles. The van der Waals surface area contributed by atoms with Crippen LogP contribution in [0.2, 0.25) is 0 Å². The number of methoxy groups -OCH3 is 1. The number of nitrogens with one attached hydrogen (secondary N) is 2. The molecule has 0 aliphatic carbocycles. The largest absolute Gasteiger partial charge is 0.495 e. The van der Waals surface area contributed by atoms with Gasteiger partial charge in [-0.2, -0.15) is 0 Å². The lowest BCUT2D eigenvalue weighted by Gasteiger charge is -2.17. The molecule has 6 nitrogen and oxygen atoms in total. The molecule has 26 heavy (non-hydrogen) atoms. The van der Waals surface area contributed by atoms with Crippen LogP contribution in [0.3, 0.4) is 0 Å². The van der Waals surface area contributed by atoms with E-state index in [-0.39, 0.29) is 21.9 Å². The Hall–Kier alpha value is -2.52. The van der Waals surface area contributed by atoms with Crippen LogP contribution in [0.25, 0.3) is 0 Å². The first-order chi connectivity index (χ1) is 12.1. The molecule has 0 saturated heterocycles. The molecule has 2 rings (SSSR count). The van der Waals surface area contributed by atoms with E-state index in [2.05, 4.69) is 10.0 Å². The van der Waals surface area contributed by atoms with Gasteiger partial charge in [0.25, 0.3) is 0 Å².